The monoisotopic (exact) mass is 215 g/mol. The van der Waals surface area contributed by atoms with Crippen LogP contribution in [0.2, 0.25) is 0 Å². The van der Waals surface area contributed by atoms with Gasteiger partial charge in [0.25, 0.3) is 5.56 Å². The van der Waals surface area contributed by atoms with Crippen LogP contribution in [0.4, 0.5) is 0 Å². The zero-order valence-corrected chi connectivity index (χ0v) is 8.37. The molecule has 60 valence electrons. The van der Waals surface area contributed by atoms with Crippen molar-refractivity contribution >= 4 is 15.9 Å². The molecule has 0 aliphatic heterocycles. The summed E-state index contributed by atoms with van der Waals surface area (Å²) in [7, 11) is 0. The lowest BCUT2D eigenvalue weighted by Gasteiger charge is -2.04. The number of aromatic amines is 1. The second-order valence-corrected chi connectivity index (χ2v) is 3.44. The first-order valence-electron chi connectivity index (χ1n) is 3.39. The average molecular weight is 216 g/mol. The first-order chi connectivity index (χ1) is 5.04. The maximum absolute atomic E-state index is 11.1. The second kappa shape index (κ2) is 2.81. The molecular weight excluding hydrogens is 206 g/mol. The molecule has 0 fully saturated rings. The molecule has 0 amide bonds. The van der Waals surface area contributed by atoms with E-state index < -0.39 is 0 Å². The van der Waals surface area contributed by atoms with Gasteiger partial charge in [-0.2, -0.15) is 0 Å². The van der Waals surface area contributed by atoms with Crippen LogP contribution in [0.15, 0.2) is 9.27 Å². The summed E-state index contributed by atoms with van der Waals surface area (Å²) < 4.78 is 0.916. The molecule has 1 heterocycles. The Bertz CT molecular complexity index is 341. The lowest BCUT2D eigenvalue weighted by molar-refractivity contribution is 1.06. The summed E-state index contributed by atoms with van der Waals surface area (Å²) in [5.74, 6) is 0. The number of hydrogen-bond donors (Lipinski definition) is 1. The Kier molecular flexibility index (Phi) is 2.18. The van der Waals surface area contributed by atoms with Crippen LogP contribution < -0.4 is 5.56 Å². The van der Waals surface area contributed by atoms with Gasteiger partial charge in [0.1, 0.15) is 0 Å². The van der Waals surface area contributed by atoms with Crippen molar-refractivity contribution in [1.82, 2.24) is 4.98 Å². The van der Waals surface area contributed by atoms with Crippen LogP contribution in [0.1, 0.15) is 16.8 Å². The van der Waals surface area contributed by atoms with E-state index in [0.29, 0.717) is 0 Å². The average Bonchev–Trinajstić information content (AvgIpc) is 1.97. The summed E-state index contributed by atoms with van der Waals surface area (Å²) in [5, 5.41) is 0. The zero-order chi connectivity index (χ0) is 8.59. The van der Waals surface area contributed by atoms with Crippen LogP contribution in [-0.2, 0) is 0 Å². The molecule has 0 saturated carbocycles. The molecule has 0 aliphatic carbocycles. The predicted octanol–water partition coefficient (Wildman–Crippen LogP) is 2.06. The molecule has 11 heavy (non-hydrogen) atoms. The highest BCUT2D eigenvalue weighted by atomic mass is 79.9. The van der Waals surface area contributed by atoms with E-state index in [9.17, 15) is 4.79 Å². The maximum Gasteiger partial charge on any atom is 0.252 e. The third-order valence-corrected chi connectivity index (χ3v) is 3.05. The van der Waals surface area contributed by atoms with Gasteiger partial charge < -0.3 is 4.98 Å². The summed E-state index contributed by atoms with van der Waals surface area (Å²) in [6, 6.07) is 0. The second-order valence-electron chi connectivity index (χ2n) is 2.64. The lowest BCUT2D eigenvalue weighted by atomic mass is 10.2. The smallest absolute Gasteiger partial charge is 0.252 e. The molecule has 1 N–H and O–H groups in total. The fraction of sp³-hybridized carbons (Fsp3) is 0.375. The number of aryl methyl sites for hydroxylation is 1. The molecule has 1 aromatic rings. The molecule has 1 aromatic heterocycles. The van der Waals surface area contributed by atoms with Crippen molar-refractivity contribution in [3.8, 4) is 0 Å². The van der Waals surface area contributed by atoms with E-state index in [2.05, 4.69) is 20.9 Å². The number of rotatable bonds is 0. The van der Waals surface area contributed by atoms with Gasteiger partial charge in [-0.05, 0) is 42.3 Å². The van der Waals surface area contributed by atoms with Crippen LogP contribution in [0.5, 0.6) is 0 Å². The van der Waals surface area contributed by atoms with Crippen molar-refractivity contribution in [2.45, 2.75) is 20.8 Å². The normalized spacial score (nSPS) is 10.2. The van der Waals surface area contributed by atoms with Gasteiger partial charge >= 0.3 is 0 Å². The molecule has 1 rings (SSSR count). The minimum Gasteiger partial charge on any atom is -0.326 e. The highest BCUT2D eigenvalue weighted by Gasteiger charge is 2.04. The van der Waals surface area contributed by atoms with Crippen LogP contribution in [-0.4, -0.2) is 4.98 Å². The quantitative estimate of drug-likeness (QED) is 0.707. The number of hydrogen-bond acceptors (Lipinski definition) is 1. The van der Waals surface area contributed by atoms with Gasteiger partial charge in [-0.25, -0.2) is 0 Å². The number of aromatic nitrogens is 1. The molecule has 0 aliphatic rings. The summed E-state index contributed by atoms with van der Waals surface area (Å²) in [4.78, 5) is 13.9. The molecule has 0 aromatic carbocycles. The van der Waals surface area contributed by atoms with Gasteiger partial charge in [0.2, 0.25) is 0 Å². The predicted molar refractivity (Wildman–Crippen MR) is 49.0 cm³/mol. The number of nitrogens with one attached hydrogen (secondary N) is 1. The van der Waals surface area contributed by atoms with Gasteiger partial charge in [-0.15, -0.1) is 0 Å². The van der Waals surface area contributed by atoms with Gasteiger partial charge in [0, 0.05) is 15.7 Å². The fourth-order valence-corrected chi connectivity index (χ4v) is 1.38. The third-order valence-electron chi connectivity index (χ3n) is 1.86. The molecule has 2 nitrogen and oxygen atoms in total. The van der Waals surface area contributed by atoms with Crippen molar-refractivity contribution in [1.29, 1.82) is 0 Å². The molecule has 0 atom stereocenters. The Morgan fingerprint density at radius 1 is 1.18 bits per heavy atom. The molecule has 0 unspecified atom stereocenters. The first-order valence-corrected chi connectivity index (χ1v) is 4.19. The SMILES string of the molecule is Cc1[nH]c(=O)c(C)c(Br)c1C. The number of pyridine rings is 1. The topological polar surface area (TPSA) is 32.9 Å². The van der Waals surface area contributed by atoms with E-state index in [1.54, 1.807) is 6.92 Å². The van der Waals surface area contributed by atoms with E-state index in [4.69, 9.17) is 0 Å². The first kappa shape index (κ1) is 8.53. The third kappa shape index (κ3) is 1.38. The van der Waals surface area contributed by atoms with Crippen LogP contribution in [0, 0.1) is 20.8 Å². The van der Waals surface area contributed by atoms with Crippen LogP contribution in [0.25, 0.3) is 0 Å². The Morgan fingerprint density at radius 3 is 2.27 bits per heavy atom. The number of halogens is 1. The highest BCUT2D eigenvalue weighted by Crippen LogP contribution is 2.18. The molecule has 0 spiro atoms. The van der Waals surface area contributed by atoms with Crippen LogP contribution in [0.3, 0.4) is 0 Å². The van der Waals surface area contributed by atoms with Gasteiger partial charge in [0.05, 0.1) is 0 Å². The lowest BCUT2D eigenvalue weighted by Crippen LogP contribution is -2.12. The van der Waals surface area contributed by atoms with Crippen molar-refractivity contribution in [3.63, 3.8) is 0 Å². The van der Waals surface area contributed by atoms with Gasteiger partial charge in [-0.1, -0.05) is 0 Å². The Balaban J connectivity index is 3.59. The molecule has 3 heteroatoms. The van der Waals surface area contributed by atoms with Crippen molar-refractivity contribution < 1.29 is 0 Å². The van der Waals surface area contributed by atoms with E-state index in [1.807, 2.05) is 13.8 Å². The Morgan fingerprint density at radius 2 is 1.73 bits per heavy atom. The van der Waals surface area contributed by atoms with Crippen molar-refractivity contribution in [2.75, 3.05) is 0 Å². The zero-order valence-electron chi connectivity index (χ0n) is 6.79. The van der Waals surface area contributed by atoms with Crippen molar-refractivity contribution in [2.24, 2.45) is 0 Å². The van der Waals surface area contributed by atoms with Crippen molar-refractivity contribution in [3.05, 3.63) is 31.6 Å². The summed E-state index contributed by atoms with van der Waals surface area (Å²) in [5.41, 5.74) is 2.75. The van der Waals surface area contributed by atoms with Gasteiger partial charge in [0.15, 0.2) is 0 Å². The van der Waals surface area contributed by atoms with E-state index in [0.717, 1.165) is 21.3 Å². The van der Waals surface area contributed by atoms with E-state index in [1.165, 1.54) is 0 Å². The maximum atomic E-state index is 11.1. The number of H-pyrrole nitrogens is 1. The van der Waals surface area contributed by atoms with E-state index >= 15 is 0 Å². The van der Waals surface area contributed by atoms with Crippen LogP contribution >= 0.6 is 15.9 Å². The van der Waals surface area contributed by atoms with E-state index in [-0.39, 0.29) is 5.56 Å². The standard InChI is InChI=1S/C8H10BrNO/c1-4-6(3)10-8(11)5(2)7(4)9/h1-3H3,(H,10,11). The Labute approximate surface area is 73.8 Å². The minimum absolute atomic E-state index is 0.0139. The molecule has 0 bridgehead atoms. The minimum atomic E-state index is -0.0139. The fourth-order valence-electron chi connectivity index (χ4n) is 0.903. The highest BCUT2D eigenvalue weighted by molar-refractivity contribution is 9.10. The Hall–Kier alpha value is -0.570. The van der Waals surface area contributed by atoms with Gasteiger partial charge in [-0.3, -0.25) is 4.79 Å². The summed E-state index contributed by atoms with van der Waals surface area (Å²) >= 11 is 3.36. The summed E-state index contributed by atoms with van der Waals surface area (Å²) in [6.07, 6.45) is 0. The molecule has 0 radical (unpaired) electrons. The molecule has 0 saturated heterocycles. The summed E-state index contributed by atoms with van der Waals surface area (Å²) in [6.45, 7) is 5.67. The molecular formula is C8H10BrNO. The largest absolute Gasteiger partial charge is 0.326 e.